The molecule has 0 radical (unpaired) electrons. The predicted molar refractivity (Wildman–Crippen MR) is 299 cm³/mol. The van der Waals surface area contributed by atoms with Crippen LogP contribution in [0.5, 0.6) is 0 Å². The highest BCUT2D eigenvalue weighted by molar-refractivity contribution is 5.93. The van der Waals surface area contributed by atoms with E-state index in [1.54, 1.807) is 45.2 Å². The molecule has 21 heteroatoms. The van der Waals surface area contributed by atoms with E-state index in [4.69, 9.17) is 28.4 Å². The number of nitrogens with zero attached hydrogens (tertiary/aromatic N) is 3. The summed E-state index contributed by atoms with van der Waals surface area (Å²) in [4.78, 5) is 114. The van der Waals surface area contributed by atoms with Gasteiger partial charge in [-0.05, 0) is 146 Å². The number of benzene rings is 2. The van der Waals surface area contributed by atoms with Gasteiger partial charge in [0.2, 0.25) is 6.10 Å². The molecular weight excluding hydrogens is 1070 g/mol. The van der Waals surface area contributed by atoms with Crippen molar-refractivity contribution in [3.05, 3.63) is 70.8 Å². The number of amides is 3. The van der Waals surface area contributed by atoms with Crippen molar-refractivity contribution in [1.82, 2.24) is 20.0 Å². The fourth-order valence-corrected chi connectivity index (χ4v) is 10.4. The third-order valence-corrected chi connectivity index (χ3v) is 15.8. The minimum atomic E-state index is -2.06. The Labute approximate surface area is 481 Å². The van der Waals surface area contributed by atoms with Crippen LogP contribution in [-0.4, -0.2) is 181 Å². The normalized spacial score (nSPS) is 18.3. The highest BCUT2D eigenvalue weighted by Gasteiger charge is 2.51. The third kappa shape index (κ3) is 19.3. The number of hydrogen-bond acceptors (Lipinski definition) is 15. The second kappa shape index (κ2) is 29.5. The maximum atomic E-state index is 15.6. The number of carbonyl (C=O) groups excluding carboxylic acids is 7. The van der Waals surface area contributed by atoms with E-state index in [2.05, 4.69) is 5.32 Å². The van der Waals surface area contributed by atoms with Gasteiger partial charge in [0, 0.05) is 66.8 Å². The number of likely N-dealkylation sites (N-methyl/N-ethyl adjacent to an activating group) is 4. The Bertz CT molecular complexity index is 2500. The van der Waals surface area contributed by atoms with Crippen LogP contribution in [0.1, 0.15) is 154 Å². The van der Waals surface area contributed by atoms with E-state index < -0.39 is 113 Å². The Morgan fingerprint density at radius 3 is 1.45 bits per heavy atom. The zero-order chi connectivity index (χ0) is 60.9. The molecule has 456 valence electrons. The van der Waals surface area contributed by atoms with Gasteiger partial charge >= 0.3 is 29.8 Å². The molecule has 2 aromatic carbocycles. The standard InChI is InChI=1S/C61H88F2N4O15/c1-37(2)33-47(56(74)79-38(3)51(68)65(10)46(21-26-59(5,6)62)55(73)82-50(54(71)72)35-41-15-19-43(20-16-41)45-24-31-78-32-25-45)66(11)53(70)49(34-40-13-17-42(18-14-40)44-22-29-77-30-23-44)81-57(75)48(36-60(7,8)63)67(12)52(69)39(4)80-58(76)61(64-9)27-28-61/h13-20,37-39,44-50,64H,21-36H2,1-12H3,(H,71,72)/t38-,39-,46+,47+,48+,49-,50-/m1/s1. The molecule has 2 N–H and O–H groups in total. The summed E-state index contributed by atoms with van der Waals surface area (Å²) in [6.07, 6.45) is -3.57. The number of nitrogens with one attached hydrogen (secondary N) is 1. The van der Waals surface area contributed by atoms with Crippen molar-refractivity contribution in [1.29, 1.82) is 0 Å². The lowest BCUT2D eigenvalue weighted by atomic mass is 9.90. The van der Waals surface area contributed by atoms with Gasteiger partial charge in [-0.15, -0.1) is 0 Å². The summed E-state index contributed by atoms with van der Waals surface area (Å²) in [6, 6.07) is 10.2. The van der Waals surface area contributed by atoms with Crippen LogP contribution in [0.25, 0.3) is 0 Å². The second-order valence-electron chi connectivity index (χ2n) is 24.0. The zero-order valence-corrected chi connectivity index (χ0v) is 50.0. The molecule has 3 fully saturated rings. The average molecular weight is 1160 g/mol. The van der Waals surface area contributed by atoms with E-state index in [0.29, 0.717) is 56.3 Å². The van der Waals surface area contributed by atoms with E-state index >= 15 is 8.78 Å². The van der Waals surface area contributed by atoms with Gasteiger partial charge in [0.25, 0.3) is 17.7 Å². The van der Waals surface area contributed by atoms with Gasteiger partial charge in [0.15, 0.2) is 18.3 Å². The van der Waals surface area contributed by atoms with Crippen molar-refractivity contribution in [2.45, 2.75) is 204 Å². The number of carboxylic acids is 1. The topological polar surface area (TPSA) is 234 Å². The number of esters is 4. The Balaban J connectivity index is 1.37. The van der Waals surface area contributed by atoms with Crippen molar-refractivity contribution in [2.75, 3.05) is 54.6 Å². The van der Waals surface area contributed by atoms with E-state index in [1.165, 1.54) is 62.7 Å². The lowest BCUT2D eigenvalue weighted by Crippen LogP contribution is -2.54. The number of halogens is 2. The summed E-state index contributed by atoms with van der Waals surface area (Å²) in [5.74, 6) is -7.77. The number of carboxylic acid groups (broad SMARTS) is 1. The van der Waals surface area contributed by atoms with Crippen LogP contribution in [0.15, 0.2) is 48.5 Å². The fourth-order valence-electron chi connectivity index (χ4n) is 10.4. The Hall–Kier alpha value is -6.06. The van der Waals surface area contributed by atoms with Gasteiger partial charge in [0.1, 0.15) is 35.0 Å². The van der Waals surface area contributed by atoms with Crippen molar-refractivity contribution >= 4 is 47.6 Å². The molecule has 3 amide bonds. The minimum absolute atomic E-state index is 0.0188. The molecule has 1 aliphatic carbocycles. The fraction of sp³-hybridized carbons (Fsp3) is 0.672. The molecule has 19 nitrogen and oxygen atoms in total. The summed E-state index contributed by atoms with van der Waals surface area (Å²) in [5, 5.41) is 13.1. The van der Waals surface area contributed by atoms with Crippen LogP contribution < -0.4 is 5.32 Å². The van der Waals surface area contributed by atoms with Crippen molar-refractivity contribution in [3.63, 3.8) is 0 Å². The molecule has 82 heavy (non-hydrogen) atoms. The lowest BCUT2D eigenvalue weighted by Gasteiger charge is -2.35. The van der Waals surface area contributed by atoms with Crippen molar-refractivity contribution in [3.8, 4) is 0 Å². The van der Waals surface area contributed by atoms with Crippen LogP contribution in [0, 0.1) is 5.92 Å². The minimum Gasteiger partial charge on any atom is -0.478 e. The molecule has 2 heterocycles. The number of hydrogen-bond donors (Lipinski definition) is 2. The first-order chi connectivity index (χ1) is 38.4. The first-order valence-electron chi connectivity index (χ1n) is 28.7. The van der Waals surface area contributed by atoms with Gasteiger partial charge in [-0.2, -0.15) is 0 Å². The van der Waals surface area contributed by atoms with Crippen LogP contribution in [0.3, 0.4) is 0 Å². The first-order valence-corrected chi connectivity index (χ1v) is 28.7. The molecule has 0 bridgehead atoms. The number of alkyl halides is 2. The summed E-state index contributed by atoms with van der Waals surface area (Å²) in [7, 11) is 5.38. The monoisotopic (exact) mass is 1150 g/mol. The third-order valence-electron chi connectivity index (χ3n) is 15.8. The van der Waals surface area contributed by atoms with Gasteiger partial charge in [-0.1, -0.05) is 62.4 Å². The lowest BCUT2D eigenvalue weighted by molar-refractivity contribution is -0.175. The van der Waals surface area contributed by atoms with Gasteiger partial charge in [-0.3, -0.25) is 19.2 Å². The predicted octanol–water partition coefficient (Wildman–Crippen LogP) is 6.98. The number of rotatable bonds is 29. The zero-order valence-electron chi connectivity index (χ0n) is 50.0. The molecule has 0 aromatic heterocycles. The van der Waals surface area contributed by atoms with Crippen LogP contribution in [-0.2, 0) is 79.6 Å². The molecule has 0 spiro atoms. The largest absolute Gasteiger partial charge is 0.478 e. The number of carbonyl (C=O) groups is 8. The van der Waals surface area contributed by atoms with Crippen molar-refractivity contribution in [2.24, 2.45) is 5.92 Å². The number of ether oxygens (including phenoxy) is 6. The maximum Gasteiger partial charge on any atom is 0.345 e. The average Bonchev–Trinajstić information content (AvgIpc) is 4.26. The Morgan fingerprint density at radius 1 is 0.610 bits per heavy atom. The van der Waals surface area contributed by atoms with E-state index in [0.717, 1.165) is 51.5 Å². The second-order valence-corrected chi connectivity index (χ2v) is 24.0. The molecule has 2 aromatic rings. The summed E-state index contributed by atoms with van der Waals surface area (Å²) < 4.78 is 64.6. The molecule has 7 atom stereocenters. The van der Waals surface area contributed by atoms with E-state index in [-0.39, 0.29) is 43.9 Å². The van der Waals surface area contributed by atoms with E-state index in [9.17, 15) is 43.5 Å². The van der Waals surface area contributed by atoms with Gasteiger partial charge in [-0.25, -0.2) is 28.0 Å². The first kappa shape index (κ1) is 66.7. The molecule has 2 saturated heterocycles. The SMILES string of the molecule is CNC1(C(=O)O[C@H](C)C(=O)N(C)[C@@H](CC(C)(C)F)C(=O)O[C@H](Cc2ccc(C3CCOCC3)cc2)C(=O)N(C)[C@@H](CC(C)C)C(=O)O[C@H](C)C(=O)N(C)[C@@H](CCC(C)(C)F)C(=O)O[C@H](Cc2ccc(C3CCOCC3)cc2)C(=O)O)CC1. The van der Waals surface area contributed by atoms with Crippen molar-refractivity contribution < 1.29 is 80.7 Å². The smallest absolute Gasteiger partial charge is 0.345 e. The summed E-state index contributed by atoms with van der Waals surface area (Å²) in [6.45, 7) is 13.7. The highest BCUT2D eigenvalue weighted by atomic mass is 19.1. The molecule has 1 saturated carbocycles. The maximum absolute atomic E-state index is 15.6. The Kier molecular flexibility index (Phi) is 24.0. The number of aliphatic carboxylic acids is 1. The van der Waals surface area contributed by atoms with E-state index in [1.807, 2.05) is 24.3 Å². The molecule has 2 aliphatic heterocycles. The summed E-state index contributed by atoms with van der Waals surface area (Å²) in [5.41, 5.74) is -1.55. The van der Waals surface area contributed by atoms with Crippen LogP contribution in [0.2, 0.25) is 0 Å². The Morgan fingerprint density at radius 2 is 1.02 bits per heavy atom. The van der Waals surface area contributed by atoms with Crippen LogP contribution in [0.4, 0.5) is 8.78 Å². The summed E-state index contributed by atoms with van der Waals surface area (Å²) >= 11 is 0. The quantitative estimate of drug-likeness (QED) is 0.0618. The molecule has 0 unspecified atom stereocenters. The van der Waals surface area contributed by atoms with Gasteiger partial charge < -0.3 is 53.5 Å². The highest BCUT2D eigenvalue weighted by Crippen LogP contribution is 2.37. The molecular formula is C61H88F2N4O15. The van der Waals surface area contributed by atoms with Crippen LogP contribution >= 0.6 is 0 Å². The van der Waals surface area contributed by atoms with Gasteiger partial charge in [0.05, 0.1) is 0 Å². The molecule has 3 aliphatic rings. The molecule has 5 rings (SSSR count).